The van der Waals surface area contributed by atoms with Crippen LogP contribution in [0.25, 0.3) is 0 Å². The Morgan fingerprint density at radius 3 is 2.52 bits per heavy atom. The Bertz CT molecular complexity index is 670. The third-order valence-electron chi connectivity index (χ3n) is 2.87. The maximum Gasteiger partial charge on any atom is 0.416 e. The second kappa shape index (κ2) is 5.61. The molecule has 2 aromatic rings. The number of ketones is 1. The highest BCUT2D eigenvalue weighted by Gasteiger charge is 2.31. The van der Waals surface area contributed by atoms with Crippen LogP contribution in [-0.4, -0.2) is 10.8 Å². The zero-order valence-corrected chi connectivity index (χ0v) is 10.6. The molecule has 0 aliphatic rings. The first-order chi connectivity index (χ1) is 9.79. The number of nitrogens with zero attached hydrogens (tertiary/aromatic N) is 1. The van der Waals surface area contributed by atoms with Gasteiger partial charge in [0.1, 0.15) is 0 Å². The Hall–Kier alpha value is -2.28. The molecule has 0 fully saturated rings. The Balaban J connectivity index is 2.32. The number of hydrogen-bond donors (Lipinski definition) is 1. The first-order valence-electron chi connectivity index (χ1n) is 5.87. The van der Waals surface area contributed by atoms with E-state index in [9.17, 15) is 22.4 Å². The van der Waals surface area contributed by atoms with Crippen molar-refractivity contribution in [3.05, 3.63) is 65.2 Å². The molecule has 1 heterocycles. The Morgan fingerprint density at radius 1 is 1.19 bits per heavy atom. The molecule has 0 aliphatic heterocycles. The van der Waals surface area contributed by atoms with E-state index in [1.807, 2.05) is 0 Å². The highest BCUT2D eigenvalue weighted by Crippen LogP contribution is 2.30. The summed E-state index contributed by atoms with van der Waals surface area (Å²) in [6, 6.07) is 4.97. The SMILES string of the molecule is NC(C(=O)c1cccc(C(F)(F)F)c1)c1ccnc(F)c1. The molecule has 1 unspecified atom stereocenters. The summed E-state index contributed by atoms with van der Waals surface area (Å²) in [6.07, 6.45) is -3.42. The first-order valence-corrected chi connectivity index (χ1v) is 5.87. The minimum Gasteiger partial charge on any atom is -0.318 e. The first kappa shape index (κ1) is 15.1. The summed E-state index contributed by atoms with van der Waals surface area (Å²) in [5.74, 6) is -1.55. The number of Topliss-reactive ketones (excluding diaryl/α,β-unsaturated/α-hetero) is 1. The maximum absolute atomic E-state index is 13.0. The van der Waals surface area contributed by atoms with Crippen molar-refractivity contribution in [3.63, 3.8) is 0 Å². The van der Waals surface area contributed by atoms with Crippen LogP contribution in [0.15, 0.2) is 42.6 Å². The van der Waals surface area contributed by atoms with Crippen molar-refractivity contribution in [2.24, 2.45) is 5.73 Å². The zero-order valence-electron chi connectivity index (χ0n) is 10.6. The molecule has 21 heavy (non-hydrogen) atoms. The van der Waals surface area contributed by atoms with E-state index in [4.69, 9.17) is 5.73 Å². The standard InChI is InChI=1S/C14H10F4N2O/c15-11-7-8(4-5-20-11)12(19)13(21)9-2-1-3-10(6-9)14(16,17)18/h1-7,12H,19H2. The quantitative estimate of drug-likeness (QED) is 0.538. The van der Waals surface area contributed by atoms with E-state index in [-0.39, 0.29) is 11.1 Å². The molecule has 1 atom stereocenters. The van der Waals surface area contributed by atoms with Crippen molar-refractivity contribution >= 4 is 5.78 Å². The number of pyridine rings is 1. The minimum atomic E-state index is -4.55. The van der Waals surface area contributed by atoms with Gasteiger partial charge in [-0.25, -0.2) is 4.98 Å². The van der Waals surface area contributed by atoms with E-state index in [1.165, 1.54) is 12.1 Å². The van der Waals surface area contributed by atoms with E-state index < -0.39 is 29.5 Å². The van der Waals surface area contributed by atoms with Gasteiger partial charge in [-0.15, -0.1) is 0 Å². The van der Waals surface area contributed by atoms with Gasteiger partial charge in [0, 0.05) is 11.8 Å². The van der Waals surface area contributed by atoms with Crippen LogP contribution in [0, 0.1) is 5.95 Å². The van der Waals surface area contributed by atoms with Crippen molar-refractivity contribution in [1.29, 1.82) is 0 Å². The van der Waals surface area contributed by atoms with Crippen molar-refractivity contribution < 1.29 is 22.4 Å². The molecule has 0 bridgehead atoms. The van der Waals surface area contributed by atoms with Crippen molar-refractivity contribution in [3.8, 4) is 0 Å². The fourth-order valence-corrected chi connectivity index (χ4v) is 1.79. The third kappa shape index (κ3) is 3.43. The molecular weight excluding hydrogens is 288 g/mol. The van der Waals surface area contributed by atoms with Crippen molar-refractivity contribution in [2.75, 3.05) is 0 Å². The smallest absolute Gasteiger partial charge is 0.318 e. The van der Waals surface area contributed by atoms with Gasteiger partial charge in [-0.05, 0) is 29.8 Å². The molecule has 2 rings (SSSR count). The van der Waals surface area contributed by atoms with Crippen molar-refractivity contribution in [2.45, 2.75) is 12.2 Å². The molecule has 0 radical (unpaired) electrons. The van der Waals surface area contributed by atoms with Gasteiger partial charge in [0.15, 0.2) is 5.78 Å². The molecule has 0 amide bonds. The van der Waals surface area contributed by atoms with E-state index in [0.29, 0.717) is 0 Å². The van der Waals surface area contributed by atoms with Crippen LogP contribution < -0.4 is 5.73 Å². The third-order valence-corrected chi connectivity index (χ3v) is 2.87. The summed E-state index contributed by atoms with van der Waals surface area (Å²) >= 11 is 0. The van der Waals surface area contributed by atoms with Gasteiger partial charge in [0.25, 0.3) is 0 Å². The zero-order chi connectivity index (χ0) is 15.6. The number of halogens is 4. The average molecular weight is 298 g/mol. The molecular formula is C14H10F4N2O. The number of aromatic nitrogens is 1. The number of carbonyl (C=O) groups is 1. The monoisotopic (exact) mass is 298 g/mol. The van der Waals surface area contributed by atoms with E-state index in [0.717, 1.165) is 30.5 Å². The summed E-state index contributed by atoms with van der Waals surface area (Å²) in [4.78, 5) is 15.4. The van der Waals surface area contributed by atoms with Crippen LogP contribution in [0.4, 0.5) is 17.6 Å². The lowest BCUT2D eigenvalue weighted by Crippen LogP contribution is -2.22. The second-order valence-electron chi connectivity index (χ2n) is 4.33. The lowest BCUT2D eigenvalue weighted by molar-refractivity contribution is -0.137. The maximum atomic E-state index is 13.0. The van der Waals surface area contributed by atoms with E-state index in [1.54, 1.807) is 0 Å². The molecule has 2 N–H and O–H groups in total. The van der Waals surface area contributed by atoms with E-state index in [2.05, 4.69) is 4.98 Å². The molecule has 0 saturated heterocycles. The number of benzene rings is 1. The number of alkyl halides is 3. The predicted octanol–water partition coefficient (Wildman–Crippen LogP) is 3.12. The fourth-order valence-electron chi connectivity index (χ4n) is 1.79. The summed E-state index contributed by atoms with van der Waals surface area (Å²) in [5.41, 5.74) is 4.69. The lowest BCUT2D eigenvalue weighted by atomic mass is 9.97. The summed E-state index contributed by atoms with van der Waals surface area (Å²) in [5, 5.41) is 0. The number of hydrogen-bond acceptors (Lipinski definition) is 3. The van der Waals surface area contributed by atoms with Gasteiger partial charge in [0.2, 0.25) is 5.95 Å². The highest BCUT2D eigenvalue weighted by atomic mass is 19.4. The predicted molar refractivity (Wildman–Crippen MR) is 66.9 cm³/mol. The van der Waals surface area contributed by atoms with Crippen LogP contribution in [0.3, 0.4) is 0 Å². The largest absolute Gasteiger partial charge is 0.416 e. The molecule has 0 aliphatic carbocycles. The highest BCUT2D eigenvalue weighted by molar-refractivity contribution is 6.00. The molecule has 110 valence electrons. The molecule has 0 saturated carbocycles. The van der Waals surface area contributed by atoms with Gasteiger partial charge in [0.05, 0.1) is 11.6 Å². The van der Waals surface area contributed by atoms with Gasteiger partial charge >= 0.3 is 6.18 Å². The second-order valence-corrected chi connectivity index (χ2v) is 4.33. The molecule has 1 aromatic carbocycles. The van der Waals surface area contributed by atoms with Crippen LogP contribution in [0.5, 0.6) is 0 Å². The van der Waals surface area contributed by atoms with Crippen LogP contribution in [0.2, 0.25) is 0 Å². The van der Waals surface area contributed by atoms with Crippen molar-refractivity contribution in [1.82, 2.24) is 4.98 Å². The van der Waals surface area contributed by atoms with E-state index >= 15 is 0 Å². The number of rotatable bonds is 3. The van der Waals surface area contributed by atoms with Gasteiger partial charge in [-0.3, -0.25) is 4.79 Å². The normalized spacial score (nSPS) is 13.0. The Morgan fingerprint density at radius 2 is 1.90 bits per heavy atom. The number of nitrogens with two attached hydrogens (primary N) is 1. The summed E-state index contributed by atoms with van der Waals surface area (Å²) in [7, 11) is 0. The topological polar surface area (TPSA) is 56.0 Å². The molecule has 0 spiro atoms. The van der Waals surface area contributed by atoms with Gasteiger partial charge in [-0.2, -0.15) is 17.6 Å². The van der Waals surface area contributed by atoms with Gasteiger partial charge in [-0.1, -0.05) is 12.1 Å². The van der Waals surface area contributed by atoms with Crippen LogP contribution >= 0.6 is 0 Å². The summed E-state index contributed by atoms with van der Waals surface area (Å²) in [6.45, 7) is 0. The number of carbonyl (C=O) groups excluding carboxylic acids is 1. The lowest BCUT2D eigenvalue weighted by Gasteiger charge is -2.12. The summed E-state index contributed by atoms with van der Waals surface area (Å²) < 4.78 is 50.8. The van der Waals surface area contributed by atoms with Gasteiger partial charge < -0.3 is 5.73 Å². The molecule has 7 heteroatoms. The fraction of sp³-hybridized carbons (Fsp3) is 0.143. The molecule has 1 aromatic heterocycles. The van der Waals surface area contributed by atoms with Crippen LogP contribution in [0.1, 0.15) is 27.5 Å². The van der Waals surface area contributed by atoms with Crippen LogP contribution in [-0.2, 0) is 6.18 Å². The Labute approximate surface area is 117 Å². The Kier molecular flexibility index (Phi) is 4.04. The minimum absolute atomic E-state index is 0.143. The molecule has 3 nitrogen and oxygen atoms in total. The average Bonchev–Trinajstić information content (AvgIpc) is 2.45.